The first-order valence-electron chi connectivity index (χ1n) is 10.6. The van der Waals surface area contributed by atoms with Gasteiger partial charge in [-0.25, -0.2) is 4.79 Å². The van der Waals surface area contributed by atoms with Crippen molar-refractivity contribution in [1.29, 1.82) is 0 Å². The van der Waals surface area contributed by atoms with Crippen molar-refractivity contribution in [3.8, 4) is 0 Å². The van der Waals surface area contributed by atoms with Crippen LogP contribution < -0.4 is 10.6 Å². The Bertz CT molecular complexity index is 1020. The number of carbonyl (C=O) groups is 1. The zero-order valence-corrected chi connectivity index (χ0v) is 19.1. The Morgan fingerprint density at radius 3 is 2.77 bits per heavy atom. The van der Waals surface area contributed by atoms with Crippen molar-refractivity contribution in [3.05, 3.63) is 65.4 Å². The lowest BCUT2D eigenvalue weighted by Gasteiger charge is -2.21. The SMILES string of the molecule is CCCCC(CNC(=O)Nc1c(SC)ccc2ncccc12)c1cc(C)ccc1C. The summed E-state index contributed by atoms with van der Waals surface area (Å²) in [6.07, 6.45) is 7.14. The second kappa shape index (κ2) is 10.5. The molecule has 1 aromatic heterocycles. The Morgan fingerprint density at radius 2 is 2.00 bits per heavy atom. The molecule has 0 spiro atoms. The van der Waals surface area contributed by atoms with Crippen LogP contribution in [0.4, 0.5) is 10.5 Å². The number of thioether (sulfide) groups is 1. The number of urea groups is 1. The van der Waals surface area contributed by atoms with Gasteiger partial charge in [0, 0.05) is 28.9 Å². The number of fused-ring (bicyclic) bond motifs is 1. The van der Waals surface area contributed by atoms with E-state index in [9.17, 15) is 4.79 Å². The molecule has 0 saturated carbocycles. The monoisotopic (exact) mass is 421 g/mol. The molecule has 0 aliphatic heterocycles. The molecule has 2 amide bonds. The standard InChI is InChI=1S/C25H31N3OS/c1-5-6-8-19(21-15-17(2)10-11-18(21)3)16-27-25(29)28-24-20-9-7-14-26-22(20)12-13-23(24)30-4/h7,9-15,19H,5-6,8,16H2,1-4H3,(H2,27,28,29). The van der Waals surface area contributed by atoms with Gasteiger partial charge in [-0.15, -0.1) is 11.8 Å². The summed E-state index contributed by atoms with van der Waals surface area (Å²) in [7, 11) is 0. The van der Waals surface area contributed by atoms with Gasteiger partial charge in [-0.3, -0.25) is 4.98 Å². The lowest BCUT2D eigenvalue weighted by Crippen LogP contribution is -2.33. The maximum absolute atomic E-state index is 12.8. The van der Waals surface area contributed by atoms with Gasteiger partial charge >= 0.3 is 6.03 Å². The predicted octanol–water partition coefficient (Wildman–Crippen LogP) is 6.67. The van der Waals surface area contributed by atoms with E-state index >= 15 is 0 Å². The summed E-state index contributed by atoms with van der Waals surface area (Å²) in [5.74, 6) is 0.310. The van der Waals surface area contributed by atoms with E-state index in [0.29, 0.717) is 12.5 Å². The number of nitrogens with one attached hydrogen (secondary N) is 2. The Morgan fingerprint density at radius 1 is 1.17 bits per heavy atom. The smallest absolute Gasteiger partial charge is 0.319 e. The molecule has 2 aromatic carbocycles. The molecule has 30 heavy (non-hydrogen) atoms. The summed E-state index contributed by atoms with van der Waals surface area (Å²) >= 11 is 1.62. The molecule has 2 N–H and O–H groups in total. The highest BCUT2D eigenvalue weighted by Gasteiger charge is 2.16. The fraction of sp³-hybridized carbons (Fsp3) is 0.360. The number of hydrogen-bond acceptors (Lipinski definition) is 3. The van der Waals surface area contributed by atoms with Crippen molar-refractivity contribution < 1.29 is 4.79 Å². The van der Waals surface area contributed by atoms with Crippen LogP contribution in [0.5, 0.6) is 0 Å². The van der Waals surface area contributed by atoms with E-state index in [1.165, 1.54) is 16.7 Å². The number of nitrogens with zero attached hydrogens (tertiary/aromatic N) is 1. The minimum atomic E-state index is -0.173. The summed E-state index contributed by atoms with van der Waals surface area (Å²) in [5, 5.41) is 7.16. The summed E-state index contributed by atoms with van der Waals surface area (Å²) < 4.78 is 0. The Kier molecular flexibility index (Phi) is 7.75. The van der Waals surface area contributed by atoms with Crippen molar-refractivity contribution in [2.45, 2.75) is 50.8 Å². The lowest BCUT2D eigenvalue weighted by molar-refractivity contribution is 0.251. The number of aryl methyl sites for hydroxylation is 2. The maximum Gasteiger partial charge on any atom is 0.319 e. The topological polar surface area (TPSA) is 54.0 Å². The number of hydrogen-bond donors (Lipinski definition) is 2. The first-order valence-corrected chi connectivity index (χ1v) is 11.8. The van der Waals surface area contributed by atoms with Crippen LogP contribution in [0.2, 0.25) is 0 Å². The zero-order valence-electron chi connectivity index (χ0n) is 18.3. The molecule has 0 aliphatic carbocycles. The number of benzene rings is 2. The number of unbranched alkanes of at least 4 members (excludes halogenated alkanes) is 1. The number of carbonyl (C=O) groups excluding carboxylic acids is 1. The van der Waals surface area contributed by atoms with Gasteiger partial charge in [0.05, 0.1) is 11.2 Å². The first kappa shape index (κ1) is 22.2. The molecular formula is C25H31N3OS. The van der Waals surface area contributed by atoms with Crippen LogP contribution in [0.15, 0.2) is 53.6 Å². The third kappa shape index (κ3) is 5.33. The van der Waals surface area contributed by atoms with Gasteiger partial charge in [0.15, 0.2) is 0 Å². The number of anilines is 1. The van der Waals surface area contributed by atoms with Gasteiger partial charge in [0.2, 0.25) is 0 Å². The number of amides is 2. The molecule has 1 heterocycles. The third-order valence-electron chi connectivity index (χ3n) is 5.50. The molecule has 158 valence electrons. The van der Waals surface area contributed by atoms with Crippen LogP contribution in [0.25, 0.3) is 10.9 Å². The van der Waals surface area contributed by atoms with E-state index in [2.05, 4.69) is 54.6 Å². The Balaban J connectivity index is 1.76. The maximum atomic E-state index is 12.8. The number of aromatic nitrogens is 1. The van der Waals surface area contributed by atoms with Crippen molar-refractivity contribution in [1.82, 2.24) is 10.3 Å². The van der Waals surface area contributed by atoms with Crippen LogP contribution in [0, 0.1) is 13.8 Å². The molecule has 1 atom stereocenters. The third-order valence-corrected chi connectivity index (χ3v) is 6.28. The second-order valence-corrected chi connectivity index (χ2v) is 8.60. The molecule has 0 bridgehead atoms. The molecule has 3 rings (SSSR count). The lowest BCUT2D eigenvalue weighted by atomic mass is 9.89. The highest BCUT2D eigenvalue weighted by Crippen LogP contribution is 2.32. The normalized spacial score (nSPS) is 12.0. The van der Waals surface area contributed by atoms with E-state index in [1.54, 1.807) is 18.0 Å². The van der Waals surface area contributed by atoms with Crippen LogP contribution in [-0.2, 0) is 0 Å². The molecule has 0 saturated heterocycles. The molecule has 0 fully saturated rings. The molecule has 5 heteroatoms. The van der Waals surface area contributed by atoms with Gasteiger partial charge in [-0.1, -0.05) is 43.5 Å². The minimum absolute atomic E-state index is 0.173. The number of rotatable bonds is 8. The average molecular weight is 422 g/mol. The van der Waals surface area contributed by atoms with E-state index in [0.717, 1.165) is 40.7 Å². The van der Waals surface area contributed by atoms with Gasteiger partial charge in [-0.2, -0.15) is 0 Å². The van der Waals surface area contributed by atoms with Crippen LogP contribution in [0.1, 0.15) is 48.8 Å². The highest BCUT2D eigenvalue weighted by molar-refractivity contribution is 7.98. The number of pyridine rings is 1. The van der Waals surface area contributed by atoms with E-state index < -0.39 is 0 Å². The van der Waals surface area contributed by atoms with Gasteiger partial charge in [-0.05, 0) is 61.9 Å². The summed E-state index contributed by atoms with van der Waals surface area (Å²) in [5.41, 5.74) is 5.58. The fourth-order valence-electron chi connectivity index (χ4n) is 3.82. The fourth-order valence-corrected chi connectivity index (χ4v) is 4.39. The van der Waals surface area contributed by atoms with E-state index in [-0.39, 0.29) is 6.03 Å². The molecule has 3 aromatic rings. The average Bonchev–Trinajstić information content (AvgIpc) is 2.76. The van der Waals surface area contributed by atoms with E-state index in [4.69, 9.17) is 0 Å². The predicted molar refractivity (Wildman–Crippen MR) is 129 cm³/mol. The Labute approximate surface area is 183 Å². The summed E-state index contributed by atoms with van der Waals surface area (Å²) in [6, 6.07) is 14.3. The van der Waals surface area contributed by atoms with Crippen molar-refractivity contribution in [3.63, 3.8) is 0 Å². The molecule has 0 aliphatic rings. The van der Waals surface area contributed by atoms with Gasteiger partial charge in [0.1, 0.15) is 0 Å². The van der Waals surface area contributed by atoms with Gasteiger partial charge in [0.25, 0.3) is 0 Å². The Hall–Kier alpha value is -2.53. The van der Waals surface area contributed by atoms with Crippen LogP contribution in [0.3, 0.4) is 0 Å². The van der Waals surface area contributed by atoms with Gasteiger partial charge < -0.3 is 10.6 Å². The van der Waals surface area contributed by atoms with Crippen molar-refractivity contribution in [2.24, 2.45) is 0 Å². The van der Waals surface area contributed by atoms with E-state index in [1.807, 2.05) is 30.5 Å². The van der Waals surface area contributed by atoms with Crippen LogP contribution >= 0.6 is 11.8 Å². The minimum Gasteiger partial charge on any atom is -0.337 e. The zero-order chi connectivity index (χ0) is 21.5. The molecule has 0 radical (unpaired) electrons. The highest BCUT2D eigenvalue weighted by atomic mass is 32.2. The molecular weight excluding hydrogens is 390 g/mol. The second-order valence-electron chi connectivity index (χ2n) is 7.75. The largest absolute Gasteiger partial charge is 0.337 e. The van der Waals surface area contributed by atoms with Crippen LogP contribution in [-0.4, -0.2) is 23.8 Å². The summed E-state index contributed by atoms with van der Waals surface area (Å²) in [4.78, 5) is 18.3. The molecule has 1 unspecified atom stereocenters. The quantitative estimate of drug-likeness (QED) is 0.399. The van der Waals surface area contributed by atoms with Crippen molar-refractivity contribution >= 4 is 34.4 Å². The molecule has 4 nitrogen and oxygen atoms in total. The summed E-state index contributed by atoms with van der Waals surface area (Å²) in [6.45, 7) is 7.10. The van der Waals surface area contributed by atoms with Crippen molar-refractivity contribution in [2.75, 3.05) is 18.1 Å². The first-order chi connectivity index (χ1) is 14.5.